The molecule has 27 heavy (non-hydrogen) atoms. The summed E-state index contributed by atoms with van der Waals surface area (Å²) >= 11 is 1.19. The van der Waals surface area contributed by atoms with Crippen molar-refractivity contribution in [3.63, 3.8) is 0 Å². The summed E-state index contributed by atoms with van der Waals surface area (Å²) in [5.41, 5.74) is 2.03. The highest BCUT2D eigenvalue weighted by molar-refractivity contribution is 7.99. The van der Waals surface area contributed by atoms with Crippen LogP contribution in [0.15, 0.2) is 39.0 Å². The van der Waals surface area contributed by atoms with Gasteiger partial charge in [-0.25, -0.2) is 9.78 Å². The molecule has 1 aromatic carbocycles. The van der Waals surface area contributed by atoms with Gasteiger partial charge in [-0.05, 0) is 18.9 Å². The molecule has 0 fully saturated rings. The van der Waals surface area contributed by atoms with Crippen LogP contribution in [0.4, 0.5) is 0 Å². The van der Waals surface area contributed by atoms with Crippen LogP contribution in [-0.4, -0.2) is 37.3 Å². The molecule has 2 heterocycles. The third kappa shape index (κ3) is 4.13. The molecule has 0 saturated carbocycles. The van der Waals surface area contributed by atoms with Gasteiger partial charge in [0.2, 0.25) is 5.91 Å². The molecule has 9 heteroatoms. The van der Waals surface area contributed by atoms with E-state index in [1.54, 1.807) is 7.05 Å². The number of nitrogens with zero attached hydrogens (tertiary/aromatic N) is 3. The molecule has 0 unspecified atom stereocenters. The number of hydrogen-bond acceptors (Lipinski definition) is 5. The van der Waals surface area contributed by atoms with Crippen molar-refractivity contribution in [1.82, 2.24) is 24.4 Å². The number of fused-ring (bicyclic) bond motifs is 1. The molecule has 8 nitrogen and oxygen atoms in total. The molecule has 0 bridgehead atoms. The van der Waals surface area contributed by atoms with Gasteiger partial charge in [0.1, 0.15) is 0 Å². The van der Waals surface area contributed by atoms with E-state index in [0.717, 1.165) is 11.0 Å². The predicted octanol–water partition coefficient (Wildman–Crippen LogP) is 0.720. The molecule has 2 N–H and O–H groups in total. The molecule has 3 aromatic rings. The summed E-state index contributed by atoms with van der Waals surface area (Å²) in [6, 6.07) is 8.17. The Balaban J connectivity index is 1.59. The normalized spacial score (nSPS) is 11.1. The molecule has 0 saturated heterocycles. The van der Waals surface area contributed by atoms with Crippen LogP contribution < -0.4 is 16.6 Å². The second-order valence-corrected chi connectivity index (χ2v) is 7.29. The Hall–Kier alpha value is -2.81. The van der Waals surface area contributed by atoms with E-state index in [2.05, 4.69) is 21.4 Å². The molecular weight excluding hydrogens is 366 g/mol. The molecule has 0 radical (unpaired) electrons. The van der Waals surface area contributed by atoms with Crippen LogP contribution in [0.1, 0.15) is 11.1 Å². The summed E-state index contributed by atoms with van der Waals surface area (Å²) in [6.07, 6.45) is 0.765. The summed E-state index contributed by atoms with van der Waals surface area (Å²) in [5.74, 6) is 0.0527. The van der Waals surface area contributed by atoms with Gasteiger partial charge in [-0.3, -0.25) is 18.7 Å². The van der Waals surface area contributed by atoms with E-state index in [0.29, 0.717) is 11.7 Å². The van der Waals surface area contributed by atoms with E-state index in [4.69, 9.17) is 0 Å². The first-order valence-corrected chi connectivity index (χ1v) is 9.46. The first-order valence-electron chi connectivity index (χ1n) is 8.47. The minimum absolute atomic E-state index is 0.116. The fourth-order valence-corrected chi connectivity index (χ4v) is 3.47. The number of imidazole rings is 1. The van der Waals surface area contributed by atoms with Crippen molar-refractivity contribution in [2.24, 2.45) is 14.1 Å². The molecule has 0 atom stereocenters. The van der Waals surface area contributed by atoms with Gasteiger partial charge in [0.05, 0.1) is 5.75 Å². The summed E-state index contributed by atoms with van der Waals surface area (Å²) < 4.78 is 2.33. The van der Waals surface area contributed by atoms with Crippen molar-refractivity contribution < 1.29 is 4.79 Å². The number of carbonyl (C=O) groups is 1. The third-order valence-corrected chi connectivity index (χ3v) is 5.10. The lowest BCUT2D eigenvalue weighted by Crippen LogP contribution is -2.36. The Morgan fingerprint density at radius 3 is 2.78 bits per heavy atom. The van der Waals surface area contributed by atoms with Gasteiger partial charge in [0.25, 0.3) is 5.56 Å². The summed E-state index contributed by atoms with van der Waals surface area (Å²) in [4.78, 5) is 43.3. The first kappa shape index (κ1) is 19.0. The number of carbonyl (C=O) groups excluding carboxylic acids is 1. The highest BCUT2D eigenvalue weighted by Gasteiger charge is 2.14. The maximum absolute atomic E-state index is 12.1. The van der Waals surface area contributed by atoms with E-state index < -0.39 is 11.2 Å². The van der Waals surface area contributed by atoms with Crippen LogP contribution in [0.5, 0.6) is 0 Å². The monoisotopic (exact) mass is 387 g/mol. The van der Waals surface area contributed by atoms with E-state index >= 15 is 0 Å². The molecule has 2 aromatic heterocycles. The van der Waals surface area contributed by atoms with E-state index in [9.17, 15) is 14.4 Å². The Kier molecular flexibility index (Phi) is 5.50. The van der Waals surface area contributed by atoms with Crippen LogP contribution in [0.25, 0.3) is 11.2 Å². The van der Waals surface area contributed by atoms with Crippen molar-refractivity contribution >= 4 is 28.8 Å². The zero-order valence-electron chi connectivity index (χ0n) is 15.4. The van der Waals surface area contributed by atoms with Crippen molar-refractivity contribution in [3.05, 3.63) is 56.2 Å². The Morgan fingerprint density at radius 2 is 2.04 bits per heavy atom. The quantitative estimate of drug-likeness (QED) is 0.607. The molecule has 3 rings (SSSR count). The summed E-state index contributed by atoms with van der Waals surface area (Å²) in [6.45, 7) is 2.59. The fourth-order valence-electron chi connectivity index (χ4n) is 2.77. The first-order chi connectivity index (χ1) is 12.9. The maximum Gasteiger partial charge on any atom is 0.332 e. The zero-order chi connectivity index (χ0) is 19.6. The Morgan fingerprint density at radius 1 is 1.26 bits per heavy atom. The van der Waals surface area contributed by atoms with Crippen molar-refractivity contribution in [3.8, 4) is 0 Å². The van der Waals surface area contributed by atoms with Gasteiger partial charge >= 0.3 is 5.69 Å². The van der Waals surface area contributed by atoms with E-state index in [1.807, 2.05) is 25.1 Å². The largest absolute Gasteiger partial charge is 0.355 e. The molecule has 0 aliphatic carbocycles. The van der Waals surface area contributed by atoms with Gasteiger partial charge in [0, 0.05) is 20.6 Å². The number of rotatable bonds is 6. The number of thioether (sulfide) groups is 1. The predicted molar refractivity (Wildman–Crippen MR) is 105 cm³/mol. The van der Waals surface area contributed by atoms with Gasteiger partial charge in [-0.1, -0.05) is 41.6 Å². The van der Waals surface area contributed by atoms with Crippen LogP contribution in [0, 0.1) is 6.92 Å². The third-order valence-electron chi connectivity index (χ3n) is 4.23. The maximum atomic E-state index is 12.1. The SMILES string of the molecule is Cc1cccc(CCNC(=O)CSc2nc3c([nH]2)c(=O)n(C)c(=O)n3C)c1. The average molecular weight is 387 g/mol. The average Bonchev–Trinajstić information content (AvgIpc) is 3.08. The number of hydrogen-bond donors (Lipinski definition) is 2. The molecule has 0 aliphatic rings. The van der Waals surface area contributed by atoms with Gasteiger partial charge in [0.15, 0.2) is 16.3 Å². The van der Waals surface area contributed by atoms with Gasteiger partial charge < -0.3 is 10.3 Å². The number of aromatic amines is 1. The van der Waals surface area contributed by atoms with E-state index in [-0.39, 0.29) is 22.8 Å². The summed E-state index contributed by atoms with van der Waals surface area (Å²) in [5, 5.41) is 3.30. The minimum Gasteiger partial charge on any atom is -0.355 e. The smallest absolute Gasteiger partial charge is 0.332 e. The van der Waals surface area contributed by atoms with Crippen LogP contribution >= 0.6 is 11.8 Å². The number of aryl methyl sites for hydroxylation is 2. The van der Waals surface area contributed by atoms with Crippen LogP contribution in [0.2, 0.25) is 0 Å². The lowest BCUT2D eigenvalue weighted by atomic mass is 10.1. The van der Waals surface area contributed by atoms with Crippen molar-refractivity contribution in [1.29, 1.82) is 0 Å². The van der Waals surface area contributed by atoms with Gasteiger partial charge in [-0.15, -0.1) is 0 Å². The Bertz CT molecular complexity index is 1110. The second-order valence-electron chi connectivity index (χ2n) is 6.32. The highest BCUT2D eigenvalue weighted by Crippen LogP contribution is 2.16. The number of aromatic nitrogens is 4. The van der Waals surface area contributed by atoms with Crippen molar-refractivity contribution in [2.45, 2.75) is 18.5 Å². The molecule has 0 aliphatic heterocycles. The standard InChI is InChI=1S/C18H21N5O3S/c1-11-5-4-6-12(9-11)7-8-19-13(24)10-27-17-20-14-15(21-17)22(2)18(26)23(3)16(14)25/h4-6,9H,7-8,10H2,1-3H3,(H,19,24)(H,20,21). The van der Waals surface area contributed by atoms with Crippen molar-refractivity contribution in [2.75, 3.05) is 12.3 Å². The molecule has 0 spiro atoms. The highest BCUT2D eigenvalue weighted by atomic mass is 32.2. The molecule has 142 valence electrons. The van der Waals surface area contributed by atoms with E-state index in [1.165, 1.54) is 34.5 Å². The second kappa shape index (κ2) is 7.83. The number of benzene rings is 1. The lowest BCUT2D eigenvalue weighted by molar-refractivity contribution is -0.118. The lowest BCUT2D eigenvalue weighted by Gasteiger charge is -2.05. The molecule has 1 amide bonds. The summed E-state index contributed by atoms with van der Waals surface area (Å²) in [7, 11) is 2.97. The fraction of sp³-hybridized carbons (Fsp3) is 0.333. The van der Waals surface area contributed by atoms with Crippen LogP contribution in [0.3, 0.4) is 0 Å². The molecular formula is C18H21N5O3S. The number of amides is 1. The van der Waals surface area contributed by atoms with Crippen LogP contribution in [-0.2, 0) is 25.3 Å². The Labute approximate surface area is 159 Å². The number of nitrogens with one attached hydrogen (secondary N) is 2. The topological polar surface area (TPSA) is 102 Å². The minimum atomic E-state index is -0.440. The zero-order valence-corrected chi connectivity index (χ0v) is 16.2. The number of H-pyrrole nitrogens is 1. The van der Waals surface area contributed by atoms with Gasteiger partial charge in [-0.2, -0.15) is 0 Å².